The molecule has 3 N–H and O–H groups in total. The molecule has 1 heterocycles. The van der Waals surface area contributed by atoms with Gasteiger partial charge < -0.3 is 15.4 Å². The van der Waals surface area contributed by atoms with Gasteiger partial charge in [0.15, 0.2) is 0 Å². The third-order valence-electron chi connectivity index (χ3n) is 3.48. The average Bonchev–Trinajstić information content (AvgIpc) is 2.76. The maximum absolute atomic E-state index is 12.1. The molecule has 0 fully saturated rings. The number of hydrogen-bond donors (Lipinski definition) is 3. The lowest BCUT2D eigenvalue weighted by molar-refractivity contribution is -0.147. The van der Waals surface area contributed by atoms with Crippen molar-refractivity contribution < 1.29 is 14.7 Å². The number of para-hydroxylation sites is 1. The molecule has 0 aliphatic rings. The second-order valence-electron chi connectivity index (χ2n) is 5.55. The molecule has 0 unspecified atom stereocenters. The number of rotatable bonds is 5. The quantitative estimate of drug-likeness (QED) is 0.794. The summed E-state index contributed by atoms with van der Waals surface area (Å²) in [6.45, 7) is 3.51. The second kappa shape index (κ2) is 5.77. The molecule has 2 aromatic rings. The van der Waals surface area contributed by atoms with Gasteiger partial charge in [-0.1, -0.05) is 29.8 Å². The van der Waals surface area contributed by atoms with E-state index in [1.54, 1.807) is 13.8 Å². The highest BCUT2D eigenvalue weighted by Gasteiger charge is 2.27. The average molecular weight is 309 g/mol. The van der Waals surface area contributed by atoms with Crippen LogP contribution in [0.4, 0.5) is 0 Å². The van der Waals surface area contributed by atoms with Crippen LogP contribution in [0.15, 0.2) is 24.3 Å². The number of aliphatic carboxylic acids is 1. The first kappa shape index (κ1) is 15.4. The molecule has 1 aromatic heterocycles. The Labute approximate surface area is 127 Å². The van der Waals surface area contributed by atoms with E-state index in [-0.39, 0.29) is 12.5 Å². The molecule has 0 bridgehead atoms. The Morgan fingerprint density at radius 1 is 1.33 bits per heavy atom. The summed E-state index contributed by atoms with van der Waals surface area (Å²) in [7, 11) is 0. The molecule has 1 amide bonds. The van der Waals surface area contributed by atoms with E-state index in [0.717, 1.165) is 10.9 Å². The summed E-state index contributed by atoms with van der Waals surface area (Å²) in [5, 5.41) is 12.9. The van der Waals surface area contributed by atoms with Crippen LogP contribution >= 0.6 is 11.6 Å². The van der Waals surface area contributed by atoms with Crippen LogP contribution in [-0.4, -0.2) is 28.5 Å². The van der Waals surface area contributed by atoms with E-state index in [1.165, 1.54) is 0 Å². The second-order valence-corrected chi connectivity index (χ2v) is 5.93. The summed E-state index contributed by atoms with van der Waals surface area (Å²) in [6, 6.07) is 7.37. The van der Waals surface area contributed by atoms with Crippen molar-refractivity contribution in [3.8, 4) is 0 Å². The van der Waals surface area contributed by atoms with Crippen molar-refractivity contribution in [1.29, 1.82) is 0 Å². The van der Waals surface area contributed by atoms with Crippen molar-refractivity contribution in [1.82, 2.24) is 10.3 Å². The fourth-order valence-corrected chi connectivity index (χ4v) is 2.25. The topological polar surface area (TPSA) is 82.2 Å². The number of carbonyl (C=O) groups excluding carboxylic acids is 1. The standard InChI is InChI=1S/C15H17ClN2O3/c1-15(2,14(20)21)7-8-17-13(19)12-11(16)9-5-3-4-6-10(9)18-12/h3-6,18H,7-8H2,1-2H3,(H,17,19)(H,20,21). The SMILES string of the molecule is CC(C)(CCNC(=O)c1[nH]c2ccccc2c1Cl)C(=O)O. The molecule has 0 saturated carbocycles. The van der Waals surface area contributed by atoms with Crippen molar-refractivity contribution in [3.63, 3.8) is 0 Å². The lowest BCUT2D eigenvalue weighted by Crippen LogP contribution is -2.32. The number of carbonyl (C=O) groups is 2. The molecule has 1 aromatic carbocycles. The van der Waals surface area contributed by atoms with Crippen LogP contribution in [0.3, 0.4) is 0 Å². The minimum atomic E-state index is -0.889. The number of fused-ring (bicyclic) bond motifs is 1. The first-order valence-corrected chi connectivity index (χ1v) is 6.98. The molecule has 112 valence electrons. The predicted molar refractivity (Wildman–Crippen MR) is 81.7 cm³/mol. The molecule has 2 rings (SSSR count). The van der Waals surface area contributed by atoms with Gasteiger partial charge in [-0.2, -0.15) is 0 Å². The van der Waals surface area contributed by atoms with Crippen LogP contribution in [0.5, 0.6) is 0 Å². The number of aromatic nitrogens is 1. The maximum Gasteiger partial charge on any atom is 0.309 e. The normalized spacial score (nSPS) is 11.6. The van der Waals surface area contributed by atoms with Crippen LogP contribution in [-0.2, 0) is 4.79 Å². The summed E-state index contributed by atoms with van der Waals surface area (Å²) in [6.07, 6.45) is 0.339. The highest BCUT2D eigenvalue weighted by atomic mass is 35.5. The van der Waals surface area contributed by atoms with Crippen molar-refractivity contribution in [2.24, 2.45) is 5.41 Å². The summed E-state index contributed by atoms with van der Waals surface area (Å²) in [5.41, 5.74) is 0.210. The molecule has 21 heavy (non-hydrogen) atoms. The van der Waals surface area contributed by atoms with E-state index in [4.69, 9.17) is 16.7 Å². The van der Waals surface area contributed by atoms with Gasteiger partial charge in [-0.15, -0.1) is 0 Å². The van der Waals surface area contributed by atoms with Crippen molar-refractivity contribution in [2.45, 2.75) is 20.3 Å². The van der Waals surface area contributed by atoms with E-state index in [2.05, 4.69) is 10.3 Å². The minimum Gasteiger partial charge on any atom is -0.481 e. The van der Waals surface area contributed by atoms with Gasteiger partial charge in [0.25, 0.3) is 5.91 Å². The summed E-state index contributed by atoms with van der Waals surface area (Å²) < 4.78 is 0. The number of carboxylic acid groups (broad SMARTS) is 1. The van der Waals surface area contributed by atoms with E-state index in [9.17, 15) is 9.59 Å². The smallest absolute Gasteiger partial charge is 0.309 e. The van der Waals surface area contributed by atoms with E-state index in [0.29, 0.717) is 17.1 Å². The maximum atomic E-state index is 12.1. The highest BCUT2D eigenvalue weighted by molar-refractivity contribution is 6.38. The Morgan fingerprint density at radius 3 is 2.62 bits per heavy atom. The Bertz CT molecular complexity index is 691. The first-order valence-electron chi connectivity index (χ1n) is 6.61. The number of hydrogen-bond acceptors (Lipinski definition) is 2. The zero-order valence-corrected chi connectivity index (χ0v) is 12.6. The molecule has 0 saturated heterocycles. The molecular weight excluding hydrogens is 292 g/mol. The van der Waals surface area contributed by atoms with Gasteiger partial charge in [-0.05, 0) is 26.3 Å². The fourth-order valence-electron chi connectivity index (χ4n) is 1.95. The number of benzene rings is 1. The predicted octanol–water partition coefficient (Wildman–Crippen LogP) is 3.05. The molecule has 5 nitrogen and oxygen atoms in total. The molecule has 0 aliphatic heterocycles. The van der Waals surface area contributed by atoms with Gasteiger partial charge in [-0.25, -0.2) is 0 Å². The van der Waals surface area contributed by atoms with Crippen LogP contribution in [0.1, 0.15) is 30.8 Å². The van der Waals surface area contributed by atoms with Crippen molar-refractivity contribution in [3.05, 3.63) is 35.0 Å². The number of nitrogens with one attached hydrogen (secondary N) is 2. The highest BCUT2D eigenvalue weighted by Crippen LogP contribution is 2.27. The minimum absolute atomic E-state index is 0.268. The van der Waals surface area contributed by atoms with Gasteiger partial charge in [0, 0.05) is 17.4 Å². The van der Waals surface area contributed by atoms with E-state index < -0.39 is 11.4 Å². The summed E-state index contributed by atoms with van der Waals surface area (Å²) in [4.78, 5) is 26.1. The molecule has 0 atom stereocenters. The van der Waals surface area contributed by atoms with Crippen molar-refractivity contribution in [2.75, 3.05) is 6.54 Å². The lowest BCUT2D eigenvalue weighted by Gasteiger charge is -2.18. The van der Waals surface area contributed by atoms with Gasteiger partial charge in [0.2, 0.25) is 0 Å². The number of aromatic amines is 1. The van der Waals surface area contributed by atoms with Crippen LogP contribution in [0.25, 0.3) is 10.9 Å². The van der Waals surface area contributed by atoms with Gasteiger partial charge in [0.1, 0.15) is 5.69 Å². The number of amides is 1. The van der Waals surface area contributed by atoms with Crippen LogP contribution < -0.4 is 5.32 Å². The molecule has 0 radical (unpaired) electrons. The van der Waals surface area contributed by atoms with E-state index in [1.807, 2.05) is 24.3 Å². The third kappa shape index (κ3) is 3.19. The molecule has 6 heteroatoms. The number of carboxylic acids is 1. The summed E-state index contributed by atoms with van der Waals surface area (Å²) in [5.74, 6) is -1.22. The number of halogens is 1. The number of H-pyrrole nitrogens is 1. The molecule has 0 spiro atoms. The van der Waals surface area contributed by atoms with Gasteiger partial charge in [0.05, 0.1) is 10.4 Å². The van der Waals surface area contributed by atoms with Crippen LogP contribution in [0, 0.1) is 5.41 Å². The Kier molecular flexibility index (Phi) is 4.23. The third-order valence-corrected chi connectivity index (χ3v) is 3.88. The fraction of sp³-hybridized carbons (Fsp3) is 0.333. The monoisotopic (exact) mass is 308 g/mol. The molecule has 0 aliphatic carbocycles. The molecular formula is C15H17ClN2O3. The Morgan fingerprint density at radius 2 is 2.00 bits per heavy atom. The summed E-state index contributed by atoms with van der Waals surface area (Å²) >= 11 is 6.19. The van der Waals surface area contributed by atoms with Crippen molar-refractivity contribution >= 4 is 34.4 Å². The van der Waals surface area contributed by atoms with Gasteiger partial charge in [-0.3, -0.25) is 9.59 Å². The Hall–Kier alpha value is -2.01. The Balaban J connectivity index is 2.06. The zero-order valence-electron chi connectivity index (χ0n) is 11.9. The first-order chi connectivity index (χ1) is 9.83. The van der Waals surface area contributed by atoms with Gasteiger partial charge >= 0.3 is 5.97 Å². The largest absolute Gasteiger partial charge is 0.481 e. The zero-order chi connectivity index (χ0) is 15.6. The lowest BCUT2D eigenvalue weighted by atomic mass is 9.90. The van der Waals surface area contributed by atoms with E-state index >= 15 is 0 Å². The van der Waals surface area contributed by atoms with Crippen LogP contribution in [0.2, 0.25) is 5.02 Å².